The summed E-state index contributed by atoms with van der Waals surface area (Å²) in [5, 5.41) is 5.47. The summed E-state index contributed by atoms with van der Waals surface area (Å²) in [4.78, 5) is 28.3. The van der Waals surface area contributed by atoms with Crippen molar-refractivity contribution in [1.82, 2.24) is 10.3 Å². The average Bonchev–Trinajstić information content (AvgIpc) is 3.30. The first-order valence-electron chi connectivity index (χ1n) is 8.14. The Hall–Kier alpha value is -2.41. The number of nitrogens with zero attached hydrogens (tertiary/aromatic N) is 1. The van der Waals surface area contributed by atoms with E-state index in [9.17, 15) is 9.59 Å². The fourth-order valence-electron chi connectivity index (χ4n) is 2.24. The molecule has 1 N–H and O–H groups in total. The van der Waals surface area contributed by atoms with Crippen molar-refractivity contribution in [3.63, 3.8) is 0 Å². The second-order valence-electron chi connectivity index (χ2n) is 5.96. The van der Waals surface area contributed by atoms with E-state index in [2.05, 4.69) is 10.3 Å². The van der Waals surface area contributed by atoms with Gasteiger partial charge in [-0.3, -0.25) is 9.59 Å². The van der Waals surface area contributed by atoms with E-state index in [1.165, 1.54) is 11.3 Å². The van der Waals surface area contributed by atoms with Crippen LogP contribution < -0.4 is 10.1 Å². The van der Waals surface area contributed by atoms with Crippen LogP contribution >= 0.6 is 11.3 Å². The summed E-state index contributed by atoms with van der Waals surface area (Å²) in [7, 11) is 1.62. The zero-order valence-corrected chi connectivity index (χ0v) is 15.0. The van der Waals surface area contributed by atoms with Crippen molar-refractivity contribution < 1.29 is 19.1 Å². The van der Waals surface area contributed by atoms with E-state index in [4.69, 9.17) is 9.47 Å². The Morgan fingerprint density at radius 1 is 1.32 bits per heavy atom. The predicted molar refractivity (Wildman–Crippen MR) is 94.5 cm³/mol. The number of hydrogen-bond acceptors (Lipinski definition) is 6. The first-order chi connectivity index (χ1) is 12.0. The molecular weight excluding hydrogens is 340 g/mol. The van der Waals surface area contributed by atoms with Crippen LogP contribution in [0.4, 0.5) is 0 Å². The lowest BCUT2D eigenvalue weighted by molar-refractivity contribution is -0.154. The summed E-state index contributed by atoms with van der Waals surface area (Å²) < 4.78 is 10.3. The number of carbonyl (C=O) groups is 2. The summed E-state index contributed by atoms with van der Waals surface area (Å²) >= 11 is 1.46. The van der Waals surface area contributed by atoms with Gasteiger partial charge in [-0.25, -0.2) is 4.98 Å². The molecule has 1 heterocycles. The van der Waals surface area contributed by atoms with Crippen molar-refractivity contribution in [2.45, 2.75) is 38.3 Å². The van der Waals surface area contributed by atoms with Gasteiger partial charge in [0.1, 0.15) is 10.8 Å². The van der Waals surface area contributed by atoms with Crippen LogP contribution in [-0.2, 0) is 20.7 Å². The van der Waals surface area contributed by atoms with Gasteiger partial charge in [0.25, 0.3) is 5.91 Å². The number of aromatic nitrogens is 1. The van der Waals surface area contributed by atoms with Gasteiger partial charge in [0.05, 0.1) is 19.2 Å². The molecule has 0 saturated heterocycles. The highest BCUT2D eigenvalue weighted by Gasteiger charge is 2.27. The van der Waals surface area contributed by atoms with Gasteiger partial charge in [-0.15, -0.1) is 11.3 Å². The minimum atomic E-state index is -0.784. The molecular formula is C18H20N2O4S. The molecule has 2 aromatic rings. The van der Waals surface area contributed by atoms with E-state index >= 15 is 0 Å². The van der Waals surface area contributed by atoms with Crippen LogP contribution in [0, 0.1) is 0 Å². The third-order valence-electron chi connectivity index (χ3n) is 3.82. The number of rotatable bonds is 7. The van der Waals surface area contributed by atoms with Crippen molar-refractivity contribution in [3.05, 3.63) is 35.3 Å². The molecule has 132 valence electrons. The molecule has 0 bridgehead atoms. The quantitative estimate of drug-likeness (QED) is 0.768. The van der Waals surface area contributed by atoms with E-state index in [1.807, 2.05) is 29.6 Å². The van der Waals surface area contributed by atoms with Crippen LogP contribution in [0.3, 0.4) is 0 Å². The van der Waals surface area contributed by atoms with Crippen molar-refractivity contribution in [2.75, 3.05) is 7.11 Å². The average molecular weight is 360 g/mol. The lowest BCUT2D eigenvalue weighted by Crippen LogP contribution is -2.37. The van der Waals surface area contributed by atoms with E-state index in [1.54, 1.807) is 14.0 Å². The fraction of sp³-hybridized carbons (Fsp3) is 0.389. The van der Waals surface area contributed by atoms with Crippen LogP contribution in [0.1, 0.15) is 25.5 Å². The molecule has 0 unspecified atom stereocenters. The highest BCUT2D eigenvalue weighted by Crippen LogP contribution is 2.26. The lowest BCUT2D eigenvalue weighted by atomic mass is 10.2. The third-order valence-corrected chi connectivity index (χ3v) is 4.76. The number of hydrogen-bond donors (Lipinski definition) is 1. The molecule has 1 amide bonds. The topological polar surface area (TPSA) is 77.5 Å². The van der Waals surface area contributed by atoms with E-state index < -0.39 is 12.1 Å². The molecule has 0 aliphatic heterocycles. The number of ether oxygens (including phenoxy) is 2. The van der Waals surface area contributed by atoms with Gasteiger partial charge in [-0.1, -0.05) is 0 Å². The van der Waals surface area contributed by atoms with Gasteiger partial charge in [-0.2, -0.15) is 0 Å². The van der Waals surface area contributed by atoms with Crippen LogP contribution in [0.5, 0.6) is 5.75 Å². The Bertz CT molecular complexity index is 753. The van der Waals surface area contributed by atoms with Crippen LogP contribution in [0.2, 0.25) is 0 Å². The summed E-state index contributed by atoms with van der Waals surface area (Å²) in [5.74, 6) is 0.0839. The van der Waals surface area contributed by atoms with Crippen molar-refractivity contribution >= 4 is 23.2 Å². The Labute approximate surface area is 150 Å². The maximum absolute atomic E-state index is 12.0. The number of nitrogens with one attached hydrogen (secondary N) is 1. The zero-order valence-electron chi connectivity index (χ0n) is 14.2. The number of amides is 1. The number of methoxy groups -OCH3 is 1. The smallest absolute Gasteiger partial charge is 0.312 e. The normalized spacial score (nSPS) is 14.6. The fourth-order valence-corrected chi connectivity index (χ4v) is 3.07. The van der Waals surface area contributed by atoms with E-state index in [0.717, 1.165) is 29.2 Å². The van der Waals surface area contributed by atoms with Crippen molar-refractivity contribution in [3.8, 4) is 16.3 Å². The highest BCUT2D eigenvalue weighted by molar-refractivity contribution is 7.13. The Balaban J connectivity index is 1.54. The predicted octanol–water partition coefficient (Wildman–Crippen LogP) is 2.57. The maximum atomic E-state index is 12.0. The van der Waals surface area contributed by atoms with E-state index in [0.29, 0.717) is 5.69 Å². The summed E-state index contributed by atoms with van der Waals surface area (Å²) in [5.41, 5.74) is 1.60. The molecule has 1 aliphatic rings. The second-order valence-corrected chi connectivity index (χ2v) is 6.82. The number of thiazole rings is 1. The van der Waals surface area contributed by atoms with Gasteiger partial charge in [0, 0.05) is 17.0 Å². The summed E-state index contributed by atoms with van der Waals surface area (Å²) in [6.45, 7) is 1.58. The molecule has 1 saturated carbocycles. The monoisotopic (exact) mass is 360 g/mol. The van der Waals surface area contributed by atoms with Gasteiger partial charge in [0.2, 0.25) is 0 Å². The van der Waals surface area contributed by atoms with Gasteiger partial charge in [-0.05, 0) is 44.0 Å². The number of benzene rings is 1. The molecule has 0 spiro atoms. The first-order valence-corrected chi connectivity index (χ1v) is 9.02. The third kappa shape index (κ3) is 4.79. The van der Waals surface area contributed by atoms with Crippen LogP contribution in [0.25, 0.3) is 10.6 Å². The molecule has 3 rings (SSSR count). The standard InChI is InChI=1S/C18H20N2O4S/c1-11(17(22)19-13-5-6-13)24-16(21)9-14-10-25-18(20-14)12-3-7-15(23-2)8-4-12/h3-4,7-8,10-11,13H,5-6,9H2,1-2H3,(H,19,22)/t11-/m1/s1. The second kappa shape index (κ2) is 7.65. The number of carbonyl (C=O) groups excluding carboxylic acids is 2. The lowest BCUT2D eigenvalue weighted by Gasteiger charge is -2.12. The molecule has 1 atom stereocenters. The zero-order chi connectivity index (χ0) is 17.8. The minimum Gasteiger partial charge on any atom is -0.497 e. The minimum absolute atomic E-state index is 0.0493. The van der Waals surface area contributed by atoms with Crippen LogP contribution in [0.15, 0.2) is 29.6 Å². The molecule has 1 aliphatic carbocycles. The van der Waals surface area contributed by atoms with Crippen LogP contribution in [-0.4, -0.2) is 36.1 Å². The molecule has 1 aromatic carbocycles. The Morgan fingerprint density at radius 2 is 2.04 bits per heavy atom. The largest absolute Gasteiger partial charge is 0.497 e. The number of esters is 1. The molecule has 6 nitrogen and oxygen atoms in total. The SMILES string of the molecule is COc1ccc(-c2nc(CC(=O)O[C@H](C)C(=O)NC3CC3)cs2)cc1. The van der Waals surface area contributed by atoms with Crippen molar-refractivity contribution in [2.24, 2.45) is 0 Å². The molecule has 7 heteroatoms. The summed E-state index contributed by atoms with van der Waals surface area (Å²) in [6, 6.07) is 7.82. The highest BCUT2D eigenvalue weighted by atomic mass is 32.1. The van der Waals surface area contributed by atoms with Gasteiger partial charge < -0.3 is 14.8 Å². The maximum Gasteiger partial charge on any atom is 0.312 e. The molecule has 0 radical (unpaired) electrons. The van der Waals surface area contributed by atoms with E-state index in [-0.39, 0.29) is 18.4 Å². The van der Waals surface area contributed by atoms with Crippen molar-refractivity contribution in [1.29, 1.82) is 0 Å². The molecule has 1 aromatic heterocycles. The Kier molecular flexibility index (Phi) is 5.33. The first kappa shape index (κ1) is 17.4. The Morgan fingerprint density at radius 3 is 2.68 bits per heavy atom. The van der Waals surface area contributed by atoms with Gasteiger partial charge >= 0.3 is 5.97 Å². The molecule has 25 heavy (non-hydrogen) atoms. The molecule has 1 fully saturated rings. The summed E-state index contributed by atoms with van der Waals surface area (Å²) in [6.07, 6.45) is 1.26. The van der Waals surface area contributed by atoms with Gasteiger partial charge in [0.15, 0.2) is 6.10 Å².